The quantitative estimate of drug-likeness (QED) is 0.877. The molecular formula is C15H21FN2O. The lowest BCUT2D eigenvalue weighted by molar-refractivity contribution is -0.123. The molecule has 2 atom stereocenters. The van der Waals surface area contributed by atoms with Crippen molar-refractivity contribution in [3.8, 4) is 0 Å². The van der Waals surface area contributed by atoms with E-state index >= 15 is 0 Å². The van der Waals surface area contributed by atoms with Crippen LogP contribution in [0.1, 0.15) is 44.2 Å². The van der Waals surface area contributed by atoms with Crippen molar-refractivity contribution in [2.24, 2.45) is 0 Å². The fourth-order valence-corrected chi connectivity index (χ4v) is 2.53. The van der Waals surface area contributed by atoms with Crippen LogP contribution in [0.15, 0.2) is 24.3 Å². The Morgan fingerprint density at radius 3 is 2.95 bits per heavy atom. The van der Waals surface area contributed by atoms with Gasteiger partial charge in [0.15, 0.2) is 0 Å². The smallest absolute Gasteiger partial charge is 0.237 e. The molecular weight excluding hydrogens is 243 g/mol. The van der Waals surface area contributed by atoms with Gasteiger partial charge in [0.25, 0.3) is 0 Å². The molecule has 0 aliphatic carbocycles. The summed E-state index contributed by atoms with van der Waals surface area (Å²) in [5, 5.41) is 6.20. The maximum absolute atomic E-state index is 13.8. The summed E-state index contributed by atoms with van der Waals surface area (Å²) >= 11 is 0. The molecule has 1 aromatic carbocycles. The third-order valence-corrected chi connectivity index (χ3v) is 3.63. The van der Waals surface area contributed by atoms with Gasteiger partial charge in [-0.25, -0.2) is 4.39 Å². The van der Waals surface area contributed by atoms with Crippen LogP contribution in [0.2, 0.25) is 0 Å². The third-order valence-electron chi connectivity index (χ3n) is 3.63. The number of amides is 1. The molecule has 0 aromatic heterocycles. The van der Waals surface area contributed by atoms with Crippen molar-refractivity contribution in [2.75, 3.05) is 6.54 Å². The number of nitrogens with one attached hydrogen (secondary N) is 2. The van der Waals surface area contributed by atoms with Crippen molar-refractivity contribution in [1.29, 1.82) is 0 Å². The molecule has 1 aromatic rings. The zero-order chi connectivity index (χ0) is 13.7. The third kappa shape index (κ3) is 3.53. The van der Waals surface area contributed by atoms with Gasteiger partial charge in [-0.15, -0.1) is 0 Å². The lowest BCUT2D eigenvalue weighted by Crippen LogP contribution is -2.44. The molecule has 104 valence electrons. The van der Waals surface area contributed by atoms with Gasteiger partial charge in [0.2, 0.25) is 5.91 Å². The number of benzene rings is 1. The molecule has 1 aliphatic heterocycles. The highest BCUT2D eigenvalue weighted by Gasteiger charge is 2.24. The summed E-state index contributed by atoms with van der Waals surface area (Å²) in [6, 6.07) is 6.43. The molecule has 4 heteroatoms. The fourth-order valence-electron chi connectivity index (χ4n) is 2.53. The van der Waals surface area contributed by atoms with Gasteiger partial charge in [0, 0.05) is 18.2 Å². The second kappa shape index (κ2) is 6.66. The first-order valence-corrected chi connectivity index (χ1v) is 7.00. The second-order valence-corrected chi connectivity index (χ2v) is 4.99. The van der Waals surface area contributed by atoms with Gasteiger partial charge in [-0.1, -0.05) is 25.1 Å². The second-order valence-electron chi connectivity index (χ2n) is 4.99. The van der Waals surface area contributed by atoms with Crippen LogP contribution in [0, 0.1) is 5.82 Å². The van der Waals surface area contributed by atoms with E-state index in [0.717, 1.165) is 32.2 Å². The molecule has 0 bridgehead atoms. The number of halogens is 1. The maximum Gasteiger partial charge on any atom is 0.237 e. The number of carbonyl (C=O) groups excluding carboxylic acids is 1. The average Bonchev–Trinajstić information content (AvgIpc) is 2.62. The first-order valence-electron chi connectivity index (χ1n) is 7.00. The van der Waals surface area contributed by atoms with Crippen LogP contribution in [-0.2, 0) is 4.79 Å². The standard InChI is InChI=1S/C15H21FN2O/c1-2-13(11-7-3-4-8-12(11)16)18-14-9-5-6-10-17-15(14)19/h3-4,7-8,13-14,18H,2,5-6,9-10H2,1H3,(H,17,19). The molecule has 1 aliphatic rings. The molecule has 0 spiro atoms. The molecule has 1 saturated heterocycles. The largest absolute Gasteiger partial charge is 0.355 e. The Kier molecular flexibility index (Phi) is 4.91. The Bertz CT molecular complexity index is 436. The molecule has 0 saturated carbocycles. The van der Waals surface area contributed by atoms with Gasteiger partial charge >= 0.3 is 0 Å². The Labute approximate surface area is 113 Å². The van der Waals surface area contributed by atoms with Crippen LogP contribution in [0.4, 0.5) is 4.39 Å². The van der Waals surface area contributed by atoms with Crippen molar-refractivity contribution in [2.45, 2.75) is 44.7 Å². The molecule has 2 N–H and O–H groups in total. The lowest BCUT2D eigenvalue weighted by Gasteiger charge is -2.23. The molecule has 0 radical (unpaired) electrons. The average molecular weight is 264 g/mol. The van der Waals surface area contributed by atoms with Crippen molar-refractivity contribution in [3.63, 3.8) is 0 Å². The van der Waals surface area contributed by atoms with Crippen LogP contribution < -0.4 is 10.6 Å². The predicted molar refractivity (Wildman–Crippen MR) is 73.2 cm³/mol. The van der Waals surface area contributed by atoms with Crippen LogP contribution in [0.3, 0.4) is 0 Å². The van der Waals surface area contributed by atoms with E-state index in [-0.39, 0.29) is 23.8 Å². The minimum atomic E-state index is -0.216. The molecule has 2 unspecified atom stereocenters. The highest BCUT2D eigenvalue weighted by atomic mass is 19.1. The van der Waals surface area contributed by atoms with Gasteiger partial charge < -0.3 is 5.32 Å². The fraction of sp³-hybridized carbons (Fsp3) is 0.533. The van der Waals surface area contributed by atoms with Crippen molar-refractivity contribution in [1.82, 2.24) is 10.6 Å². The van der Waals surface area contributed by atoms with E-state index in [4.69, 9.17) is 0 Å². The molecule has 1 amide bonds. The van der Waals surface area contributed by atoms with Gasteiger partial charge in [0.1, 0.15) is 5.82 Å². The summed E-state index contributed by atoms with van der Waals surface area (Å²) in [4.78, 5) is 11.9. The van der Waals surface area contributed by atoms with E-state index in [2.05, 4.69) is 10.6 Å². The maximum atomic E-state index is 13.8. The van der Waals surface area contributed by atoms with Crippen molar-refractivity contribution < 1.29 is 9.18 Å². The predicted octanol–water partition coefficient (Wildman–Crippen LogP) is 2.54. The molecule has 2 rings (SSSR count). The van der Waals surface area contributed by atoms with Gasteiger partial charge in [-0.05, 0) is 31.7 Å². The summed E-state index contributed by atoms with van der Waals surface area (Å²) in [7, 11) is 0. The number of carbonyl (C=O) groups is 1. The Morgan fingerprint density at radius 2 is 2.21 bits per heavy atom. The van der Waals surface area contributed by atoms with Crippen LogP contribution in [0.5, 0.6) is 0 Å². The highest BCUT2D eigenvalue weighted by molar-refractivity contribution is 5.81. The van der Waals surface area contributed by atoms with E-state index in [1.807, 2.05) is 13.0 Å². The first-order chi connectivity index (χ1) is 9.22. The van der Waals surface area contributed by atoms with E-state index in [0.29, 0.717) is 5.56 Å². The number of hydrogen-bond acceptors (Lipinski definition) is 2. The van der Waals surface area contributed by atoms with E-state index in [9.17, 15) is 9.18 Å². The van der Waals surface area contributed by atoms with Crippen LogP contribution >= 0.6 is 0 Å². The Morgan fingerprint density at radius 1 is 1.42 bits per heavy atom. The number of hydrogen-bond donors (Lipinski definition) is 2. The lowest BCUT2D eigenvalue weighted by atomic mass is 10.0. The first kappa shape index (κ1) is 14.0. The zero-order valence-corrected chi connectivity index (χ0v) is 11.3. The van der Waals surface area contributed by atoms with Gasteiger partial charge in [0.05, 0.1) is 6.04 Å². The van der Waals surface area contributed by atoms with Crippen molar-refractivity contribution >= 4 is 5.91 Å². The topological polar surface area (TPSA) is 41.1 Å². The SMILES string of the molecule is CCC(NC1CCCCNC1=O)c1ccccc1F. The van der Waals surface area contributed by atoms with E-state index in [1.165, 1.54) is 6.07 Å². The Hall–Kier alpha value is -1.42. The molecule has 3 nitrogen and oxygen atoms in total. The molecule has 19 heavy (non-hydrogen) atoms. The highest BCUT2D eigenvalue weighted by Crippen LogP contribution is 2.21. The molecule has 1 heterocycles. The molecule has 1 fully saturated rings. The summed E-state index contributed by atoms with van der Waals surface area (Å²) in [5.74, 6) is -0.178. The summed E-state index contributed by atoms with van der Waals surface area (Å²) in [6.45, 7) is 2.74. The Balaban J connectivity index is 2.10. The zero-order valence-electron chi connectivity index (χ0n) is 11.3. The van der Waals surface area contributed by atoms with Crippen LogP contribution in [-0.4, -0.2) is 18.5 Å². The summed E-state index contributed by atoms with van der Waals surface area (Å²) in [5.41, 5.74) is 0.641. The van der Waals surface area contributed by atoms with E-state index < -0.39 is 0 Å². The normalized spacial score (nSPS) is 21.6. The summed E-state index contributed by atoms with van der Waals surface area (Å²) in [6.07, 6.45) is 3.60. The minimum Gasteiger partial charge on any atom is -0.355 e. The minimum absolute atomic E-state index is 0.0345. The van der Waals surface area contributed by atoms with Gasteiger partial charge in [-0.2, -0.15) is 0 Å². The monoisotopic (exact) mass is 264 g/mol. The van der Waals surface area contributed by atoms with Crippen molar-refractivity contribution in [3.05, 3.63) is 35.6 Å². The van der Waals surface area contributed by atoms with Gasteiger partial charge in [-0.3, -0.25) is 10.1 Å². The van der Waals surface area contributed by atoms with Crippen LogP contribution in [0.25, 0.3) is 0 Å². The summed E-state index contributed by atoms with van der Waals surface area (Å²) < 4.78 is 13.8. The number of rotatable bonds is 4. The van der Waals surface area contributed by atoms with E-state index in [1.54, 1.807) is 12.1 Å².